The van der Waals surface area contributed by atoms with Crippen molar-refractivity contribution in [3.05, 3.63) is 53.8 Å². The Morgan fingerprint density at radius 1 is 1.07 bits per heavy atom. The maximum atomic E-state index is 13.1. The molecule has 1 fully saturated rings. The number of benzene rings is 2. The lowest BCUT2D eigenvalue weighted by Gasteiger charge is -2.36. The lowest BCUT2D eigenvalue weighted by Crippen LogP contribution is -2.50. The van der Waals surface area contributed by atoms with Crippen LogP contribution in [0.5, 0.6) is 11.5 Å². The van der Waals surface area contributed by atoms with Gasteiger partial charge in [-0.05, 0) is 43.3 Å². The largest absolute Gasteiger partial charge is 0.490 e. The average molecular weight is 383 g/mol. The van der Waals surface area contributed by atoms with E-state index in [1.54, 1.807) is 35.2 Å². The van der Waals surface area contributed by atoms with Crippen LogP contribution in [-0.2, 0) is 4.79 Å². The SMILES string of the molecule is CCOc1cc(C#N)ccc1OCC(=O)N1CCN(c2ccc(F)cc2)CC1. The fraction of sp³-hybridized carbons (Fsp3) is 0.333. The molecule has 1 aliphatic rings. The minimum Gasteiger partial charge on any atom is -0.490 e. The summed E-state index contributed by atoms with van der Waals surface area (Å²) >= 11 is 0. The molecule has 2 aromatic rings. The molecule has 0 N–H and O–H groups in total. The fourth-order valence-electron chi connectivity index (χ4n) is 3.06. The van der Waals surface area contributed by atoms with E-state index in [4.69, 9.17) is 14.7 Å². The molecule has 0 aliphatic carbocycles. The van der Waals surface area contributed by atoms with Crippen molar-refractivity contribution in [2.45, 2.75) is 6.92 Å². The molecule has 0 spiro atoms. The lowest BCUT2D eigenvalue weighted by molar-refractivity contribution is -0.133. The van der Waals surface area contributed by atoms with Gasteiger partial charge in [0.15, 0.2) is 18.1 Å². The molecule has 1 aliphatic heterocycles. The van der Waals surface area contributed by atoms with Crippen LogP contribution >= 0.6 is 0 Å². The summed E-state index contributed by atoms with van der Waals surface area (Å²) in [7, 11) is 0. The van der Waals surface area contributed by atoms with E-state index in [0.717, 1.165) is 5.69 Å². The predicted molar refractivity (Wildman–Crippen MR) is 103 cm³/mol. The van der Waals surface area contributed by atoms with Crippen molar-refractivity contribution in [2.75, 3.05) is 44.3 Å². The van der Waals surface area contributed by atoms with Crippen molar-refractivity contribution in [1.82, 2.24) is 4.90 Å². The Morgan fingerprint density at radius 2 is 1.79 bits per heavy atom. The molecule has 2 aromatic carbocycles. The molecule has 0 atom stereocenters. The molecule has 0 unspecified atom stereocenters. The summed E-state index contributed by atoms with van der Waals surface area (Å²) < 4.78 is 24.2. The van der Waals surface area contributed by atoms with E-state index in [1.165, 1.54) is 12.1 Å². The highest BCUT2D eigenvalue weighted by Gasteiger charge is 2.22. The maximum absolute atomic E-state index is 13.1. The van der Waals surface area contributed by atoms with Gasteiger partial charge in [0.2, 0.25) is 0 Å². The van der Waals surface area contributed by atoms with Gasteiger partial charge in [0, 0.05) is 37.9 Å². The van der Waals surface area contributed by atoms with Crippen LogP contribution in [0.25, 0.3) is 0 Å². The number of hydrogen-bond acceptors (Lipinski definition) is 5. The van der Waals surface area contributed by atoms with Crippen molar-refractivity contribution in [1.29, 1.82) is 5.26 Å². The first-order valence-electron chi connectivity index (χ1n) is 9.18. The molecule has 1 saturated heterocycles. The third kappa shape index (κ3) is 4.71. The molecule has 0 saturated carbocycles. The van der Waals surface area contributed by atoms with Gasteiger partial charge in [-0.25, -0.2) is 4.39 Å². The zero-order chi connectivity index (χ0) is 19.9. The van der Waals surface area contributed by atoms with E-state index >= 15 is 0 Å². The Labute approximate surface area is 163 Å². The van der Waals surface area contributed by atoms with E-state index in [-0.39, 0.29) is 18.3 Å². The fourth-order valence-corrected chi connectivity index (χ4v) is 3.06. The molecule has 0 aromatic heterocycles. The van der Waals surface area contributed by atoms with E-state index in [9.17, 15) is 9.18 Å². The zero-order valence-corrected chi connectivity index (χ0v) is 15.7. The van der Waals surface area contributed by atoms with Gasteiger partial charge in [-0.15, -0.1) is 0 Å². The van der Waals surface area contributed by atoms with Crippen molar-refractivity contribution >= 4 is 11.6 Å². The highest BCUT2D eigenvalue weighted by Crippen LogP contribution is 2.28. The molecule has 1 amide bonds. The van der Waals surface area contributed by atoms with Gasteiger partial charge < -0.3 is 19.3 Å². The van der Waals surface area contributed by atoms with Crippen molar-refractivity contribution < 1.29 is 18.7 Å². The number of carbonyl (C=O) groups excluding carboxylic acids is 1. The second kappa shape index (κ2) is 9.09. The third-order valence-electron chi connectivity index (χ3n) is 4.55. The van der Waals surface area contributed by atoms with Crippen LogP contribution in [0, 0.1) is 17.1 Å². The molecule has 3 rings (SSSR count). The van der Waals surface area contributed by atoms with Crippen molar-refractivity contribution in [2.24, 2.45) is 0 Å². The topological polar surface area (TPSA) is 65.8 Å². The van der Waals surface area contributed by atoms with Crippen molar-refractivity contribution in [3.8, 4) is 17.6 Å². The van der Waals surface area contributed by atoms with E-state index < -0.39 is 0 Å². The van der Waals surface area contributed by atoms with Gasteiger partial charge in [-0.2, -0.15) is 5.26 Å². The number of ether oxygens (including phenoxy) is 2. The first kappa shape index (κ1) is 19.5. The summed E-state index contributed by atoms with van der Waals surface area (Å²) in [4.78, 5) is 16.4. The molecule has 7 heteroatoms. The van der Waals surface area contributed by atoms with Crippen LogP contribution < -0.4 is 14.4 Å². The highest BCUT2D eigenvalue weighted by molar-refractivity contribution is 5.78. The van der Waals surface area contributed by atoms with Crippen LogP contribution in [-0.4, -0.2) is 50.2 Å². The van der Waals surface area contributed by atoms with Gasteiger partial charge in [0.1, 0.15) is 5.82 Å². The molecular formula is C21H22FN3O3. The Morgan fingerprint density at radius 3 is 2.43 bits per heavy atom. The Kier molecular flexibility index (Phi) is 6.33. The molecule has 0 bridgehead atoms. The highest BCUT2D eigenvalue weighted by atomic mass is 19.1. The standard InChI is InChI=1S/C21H22FN3O3/c1-2-27-20-13-16(14-23)3-8-19(20)28-15-21(26)25-11-9-24(10-12-25)18-6-4-17(22)5-7-18/h3-8,13H,2,9-12,15H2,1H3. The number of carbonyl (C=O) groups is 1. The second-order valence-corrected chi connectivity index (χ2v) is 6.34. The number of rotatable bonds is 6. The molecule has 6 nitrogen and oxygen atoms in total. The van der Waals surface area contributed by atoms with E-state index in [1.807, 2.05) is 6.92 Å². The molecule has 28 heavy (non-hydrogen) atoms. The Hall–Kier alpha value is -3.27. The quantitative estimate of drug-likeness (QED) is 0.767. The number of hydrogen-bond donors (Lipinski definition) is 0. The smallest absolute Gasteiger partial charge is 0.260 e. The van der Waals surface area contributed by atoms with Crippen LogP contribution in [0.1, 0.15) is 12.5 Å². The van der Waals surface area contributed by atoms with Crippen LogP contribution in [0.4, 0.5) is 10.1 Å². The average Bonchev–Trinajstić information content (AvgIpc) is 2.73. The summed E-state index contributed by atoms with van der Waals surface area (Å²) in [5.41, 5.74) is 1.42. The van der Waals surface area contributed by atoms with Crippen LogP contribution in [0.3, 0.4) is 0 Å². The van der Waals surface area contributed by atoms with Gasteiger partial charge in [-0.1, -0.05) is 0 Å². The molecular weight excluding hydrogens is 361 g/mol. The van der Waals surface area contributed by atoms with Crippen LogP contribution in [0.2, 0.25) is 0 Å². The van der Waals surface area contributed by atoms with Crippen molar-refractivity contribution in [3.63, 3.8) is 0 Å². The molecule has 146 valence electrons. The number of amides is 1. The Bertz CT molecular complexity index is 856. The van der Waals surface area contributed by atoms with Crippen LogP contribution in [0.15, 0.2) is 42.5 Å². The number of nitriles is 1. The van der Waals surface area contributed by atoms with E-state index in [2.05, 4.69) is 11.0 Å². The normalized spacial score (nSPS) is 13.8. The number of nitrogens with zero attached hydrogens (tertiary/aromatic N) is 3. The minimum absolute atomic E-state index is 0.0947. The summed E-state index contributed by atoms with van der Waals surface area (Å²) in [6.45, 7) is 4.69. The zero-order valence-electron chi connectivity index (χ0n) is 15.7. The summed E-state index contributed by atoms with van der Waals surface area (Å²) in [6.07, 6.45) is 0. The molecule has 0 radical (unpaired) electrons. The van der Waals surface area contributed by atoms with Gasteiger partial charge in [-0.3, -0.25) is 4.79 Å². The Balaban J connectivity index is 1.54. The maximum Gasteiger partial charge on any atom is 0.260 e. The predicted octanol–water partition coefficient (Wildman–Crippen LogP) is 2.82. The second-order valence-electron chi connectivity index (χ2n) is 6.34. The van der Waals surface area contributed by atoms with Gasteiger partial charge in [0.05, 0.1) is 18.2 Å². The monoisotopic (exact) mass is 383 g/mol. The first-order valence-corrected chi connectivity index (χ1v) is 9.18. The molecule has 1 heterocycles. The summed E-state index contributed by atoms with van der Waals surface area (Å²) in [6, 6.07) is 13.3. The summed E-state index contributed by atoms with van der Waals surface area (Å²) in [5, 5.41) is 9.00. The number of anilines is 1. The number of halogens is 1. The first-order chi connectivity index (χ1) is 13.6. The van der Waals surface area contributed by atoms with E-state index in [0.29, 0.717) is 49.8 Å². The minimum atomic E-state index is -0.260. The number of piperazine rings is 1. The van der Waals surface area contributed by atoms with Gasteiger partial charge in [0.25, 0.3) is 5.91 Å². The lowest BCUT2D eigenvalue weighted by atomic mass is 10.2. The third-order valence-corrected chi connectivity index (χ3v) is 4.55. The van der Waals surface area contributed by atoms with Gasteiger partial charge >= 0.3 is 0 Å². The summed E-state index contributed by atoms with van der Waals surface area (Å²) in [5.74, 6) is 0.532.